The van der Waals surface area contributed by atoms with Crippen molar-refractivity contribution in [3.05, 3.63) is 58.7 Å². The first-order valence-corrected chi connectivity index (χ1v) is 7.73. The highest BCUT2D eigenvalue weighted by Crippen LogP contribution is 2.30. The summed E-state index contributed by atoms with van der Waals surface area (Å²) >= 11 is 0. The van der Waals surface area contributed by atoms with Gasteiger partial charge in [0.2, 0.25) is 0 Å². The maximum atomic E-state index is 13.8. The van der Waals surface area contributed by atoms with Gasteiger partial charge >= 0.3 is 5.97 Å². The lowest BCUT2D eigenvalue weighted by molar-refractivity contribution is 0.0683. The van der Waals surface area contributed by atoms with Gasteiger partial charge in [-0.3, -0.25) is 4.72 Å². The van der Waals surface area contributed by atoms with E-state index >= 15 is 0 Å². The SMILES string of the molecule is Cc1ccc(S(=O)(=O)Nc2c(F)c(F)c(C(=O)O)c(F)c2F)cc1. The van der Waals surface area contributed by atoms with Crippen molar-refractivity contribution < 1.29 is 35.9 Å². The third kappa shape index (κ3) is 3.04. The number of halogens is 4. The van der Waals surface area contributed by atoms with E-state index in [1.165, 1.54) is 16.9 Å². The first-order chi connectivity index (χ1) is 11.1. The van der Waals surface area contributed by atoms with Crippen molar-refractivity contribution in [3.8, 4) is 0 Å². The number of hydrogen-bond donors (Lipinski definition) is 2. The van der Waals surface area contributed by atoms with Crippen LogP contribution in [0.25, 0.3) is 0 Å². The summed E-state index contributed by atoms with van der Waals surface area (Å²) in [6, 6.07) is 5.03. The number of benzene rings is 2. The van der Waals surface area contributed by atoms with Gasteiger partial charge in [0.15, 0.2) is 23.3 Å². The molecule has 2 rings (SSSR count). The van der Waals surface area contributed by atoms with Crippen LogP contribution in [0.1, 0.15) is 15.9 Å². The summed E-state index contributed by atoms with van der Waals surface area (Å²) in [6.45, 7) is 1.67. The zero-order valence-electron chi connectivity index (χ0n) is 11.9. The van der Waals surface area contributed by atoms with E-state index in [4.69, 9.17) is 5.11 Å². The maximum Gasteiger partial charge on any atom is 0.341 e. The van der Waals surface area contributed by atoms with Gasteiger partial charge in [-0.05, 0) is 19.1 Å². The number of anilines is 1. The minimum atomic E-state index is -4.55. The Morgan fingerprint density at radius 2 is 1.42 bits per heavy atom. The molecule has 0 bridgehead atoms. The minimum absolute atomic E-state index is 0.407. The van der Waals surface area contributed by atoms with Crippen LogP contribution >= 0.6 is 0 Å². The van der Waals surface area contributed by atoms with E-state index in [9.17, 15) is 30.8 Å². The van der Waals surface area contributed by atoms with Crippen molar-refractivity contribution in [1.29, 1.82) is 0 Å². The monoisotopic (exact) mass is 363 g/mol. The Morgan fingerprint density at radius 3 is 1.83 bits per heavy atom. The molecule has 5 nitrogen and oxygen atoms in total. The second kappa shape index (κ2) is 6.11. The zero-order chi connectivity index (χ0) is 18.2. The van der Waals surface area contributed by atoms with Gasteiger partial charge in [0, 0.05) is 0 Å². The van der Waals surface area contributed by atoms with Gasteiger partial charge in [0.05, 0.1) is 4.90 Å². The highest BCUT2D eigenvalue weighted by atomic mass is 32.2. The number of hydrogen-bond acceptors (Lipinski definition) is 3. The number of nitrogens with one attached hydrogen (secondary N) is 1. The second-order valence-corrected chi connectivity index (χ2v) is 6.41. The molecule has 2 aromatic carbocycles. The lowest BCUT2D eigenvalue weighted by Gasteiger charge is -2.12. The zero-order valence-corrected chi connectivity index (χ0v) is 12.7. The lowest BCUT2D eigenvalue weighted by atomic mass is 10.1. The number of carbonyl (C=O) groups is 1. The number of aromatic carboxylic acids is 1. The molecule has 24 heavy (non-hydrogen) atoms. The molecule has 10 heteroatoms. The molecule has 0 aromatic heterocycles. The van der Waals surface area contributed by atoms with Gasteiger partial charge < -0.3 is 5.11 Å². The highest BCUT2D eigenvalue weighted by Gasteiger charge is 2.31. The molecule has 0 aliphatic heterocycles. The molecule has 0 unspecified atom stereocenters. The quantitative estimate of drug-likeness (QED) is 0.646. The van der Waals surface area contributed by atoms with E-state index in [1.54, 1.807) is 6.92 Å². The predicted molar refractivity (Wildman–Crippen MR) is 75.2 cm³/mol. The van der Waals surface area contributed by atoms with Gasteiger partial charge in [-0.1, -0.05) is 17.7 Å². The summed E-state index contributed by atoms with van der Waals surface area (Å²) in [5.41, 5.74) is -2.80. The van der Waals surface area contributed by atoms with Crippen LogP contribution in [-0.4, -0.2) is 19.5 Å². The summed E-state index contributed by atoms with van der Waals surface area (Å²) in [5, 5.41) is 8.57. The fraction of sp³-hybridized carbons (Fsp3) is 0.0714. The van der Waals surface area contributed by atoms with Crippen molar-refractivity contribution in [2.45, 2.75) is 11.8 Å². The van der Waals surface area contributed by atoms with E-state index < -0.39 is 55.4 Å². The summed E-state index contributed by atoms with van der Waals surface area (Å²) < 4.78 is 80.3. The smallest absolute Gasteiger partial charge is 0.341 e. The molecule has 0 aliphatic carbocycles. The standard InChI is InChI=1S/C14H9F4NO4S/c1-6-2-4-7(5-3-6)24(22,23)19-13-11(17)9(15)8(14(20)21)10(16)12(13)18/h2-5,19H,1H3,(H,20,21). The Hall–Kier alpha value is -2.62. The van der Waals surface area contributed by atoms with Gasteiger partial charge in [-0.2, -0.15) is 0 Å². The van der Waals surface area contributed by atoms with Crippen LogP contribution in [0.4, 0.5) is 23.2 Å². The van der Waals surface area contributed by atoms with Crippen molar-refractivity contribution in [2.75, 3.05) is 4.72 Å². The molecule has 2 aromatic rings. The Balaban J connectivity index is 2.58. The Bertz CT molecular complexity index is 898. The number of aryl methyl sites for hydroxylation is 1. The summed E-state index contributed by atoms with van der Waals surface area (Å²) in [5.74, 6) is -11.0. The average Bonchev–Trinajstić information content (AvgIpc) is 2.50. The van der Waals surface area contributed by atoms with Crippen LogP contribution in [0.5, 0.6) is 0 Å². The van der Waals surface area contributed by atoms with Gasteiger partial charge in [0.1, 0.15) is 11.3 Å². The Labute approximate surface area is 133 Å². The molecule has 0 spiro atoms. The van der Waals surface area contributed by atoms with E-state index in [-0.39, 0.29) is 0 Å². The highest BCUT2D eigenvalue weighted by molar-refractivity contribution is 7.92. The summed E-state index contributed by atoms with van der Waals surface area (Å²) in [4.78, 5) is 10.2. The van der Waals surface area contributed by atoms with E-state index in [0.29, 0.717) is 5.56 Å². The van der Waals surface area contributed by atoms with Crippen LogP contribution < -0.4 is 4.72 Å². The number of carboxylic acid groups (broad SMARTS) is 1. The molecule has 0 fully saturated rings. The number of carboxylic acids is 1. The van der Waals surface area contributed by atoms with Crippen molar-refractivity contribution >= 4 is 21.7 Å². The molecule has 0 atom stereocenters. The van der Waals surface area contributed by atoms with Gasteiger partial charge in [0.25, 0.3) is 10.0 Å². The normalized spacial score (nSPS) is 11.4. The number of rotatable bonds is 4. The molecule has 0 aliphatic rings. The van der Waals surface area contributed by atoms with Crippen molar-refractivity contribution in [1.82, 2.24) is 0 Å². The fourth-order valence-electron chi connectivity index (χ4n) is 1.82. The first kappa shape index (κ1) is 17.7. The average molecular weight is 363 g/mol. The van der Waals surface area contributed by atoms with E-state index in [1.807, 2.05) is 0 Å². The Morgan fingerprint density at radius 1 is 0.958 bits per heavy atom. The fourth-order valence-corrected chi connectivity index (χ4v) is 2.88. The first-order valence-electron chi connectivity index (χ1n) is 6.25. The Kier molecular flexibility index (Phi) is 4.52. The molecule has 0 heterocycles. The molecule has 0 amide bonds. The van der Waals surface area contributed by atoms with Gasteiger partial charge in [-0.25, -0.2) is 30.8 Å². The van der Waals surface area contributed by atoms with Crippen LogP contribution in [0.3, 0.4) is 0 Å². The van der Waals surface area contributed by atoms with Crippen molar-refractivity contribution in [2.24, 2.45) is 0 Å². The third-order valence-corrected chi connectivity index (χ3v) is 4.41. The van der Waals surface area contributed by atoms with Crippen LogP contribution in [0.15, 0.2) is 29.2 Å². The van der Waals surface area contributed by atoms with Crippen LogP contribution in [-0.2, 0) is 10.0 Å². The van der Waals surface area contributed by atoms with Crippen LogP contribution in [0.2, 0.25) is 0 Å². The molecule has 0 saturated heterocycles. The van der Waals surface area contributed by atoms with Crippen molar-refractivity contribution in [3.63, 3.8) is 0 Å². The number of sulfonamides is 1. The molecule has 0 radical (unpaired) electrons. The summed E-state index contributed by atoms with van der Waals surface area (Å²) in [6.07, 6.45) is 0. The van der Waals surface area contributed by atoms with E-state index in [0.717, 1.165) is 12.1 Å². The lowest BCUT2D eigenvalue weighted by Crippen LogP contribution is -2.19. The van der Waals surface area contributed by atoms with Crippen LogP contribution in [0, 0.1) is 30.2 Å². The van der Waals surface area contributed by atoms with Gasteiger partial charge in [-0.15, -0.1) is 0 Å². The largest absolute Gasteiger partial charge is 0.477 e. The minimum Gasteiger partial charge on any atom is -0.477 e. The molecule has 0 saturated carbocycles. The summed E-state index contributed by atoms with van der Waals surface area (Å²) in [7, 11) is -4.55. The van der Waals surface area contributed by atoms with E-state index in [2.05, 4.69) is 0 Å². The topological polar surface area (TPSA) is 83.5 Å². The molecular weight excluding hydrogens is 354 g/mol. The predicted octanol–water partition coefficient (Wildman–Crippen LogP) is 3.05. The second-order valence-electron chi connectivity index (χ2n) is 4.73. The molecular formula is C14H9F4NO4S. The maximum absolute atomic E-state index is 13.8. The third-order valence-electron chi connectivity index (χ3n) is 3.04. The molecule has 128 valence electrons. The molecule has 2 N–H and O–H groups in total.